The van der Waals surface area contributed by atoms with Gasteiger partial charge in [0.1, 0.15) is 5.75 Å². The van der Waals surface area contributed by atoms with Crippen LogP contribution < -0.4 is 4.74 Å². The number of alkyl halides is 3. The lowest BCUT2D eigenvalue weighted by Gasteiger charge is -2.16. The average molecular weight is 262 g/mol. The molecule has 0 saturated heterocycles. The van der Waals surface area contributed by atoms with E-state index in [0.29, 0.717) is 11.3 Å². The van der Waals surface area contributed by atoms with Gasteiger partial charge in [-0.25, -0.2) is 0 Å². The number of benzene rings is 1. The fourth-order valence-corrected chi connectivity index (χ4v) is 1.97. The van der Waals surface area contributed by atoms with Gasteiger partial charge in [0.15, 0.2) is 0 Å². The van der Waals surface area contributed by atoms with Gasteiger partial charge in [-0.2, -0.15) is 13.2 Å². The Balaban J connectivity index is 2.84. The molecule has 0 aliphatic carbocycles. The van der Waals surface area contributed by atoms with Crippen molar-refractivity contribution in [3.63, 3.8) is 0 Å². The minimum atomic E-state index is -4.24. The molecular formula is C13H17F3O2. The lowest BCUT2D eigenvalue weighted by molar-refractivity contribution is -0.140. The Bertz CT molecular complexity index is 390. The molecule has 1 rings (SSSR count). The van der Waals surface area contributed by atoms with Gasteiger partial charge in [-0.1, -0.05) is 0 Å². The summed E-state index contributed by atoms with van der Waals surface area (Å²) in [4.78, 5) is 0. The molecule has 0 bridgehead atoms. The summed E-state index contributed by atoms with van der Waals surface area (Å²) in [6.45, 7) is 3.59. The average Bonchev–Trinajstić information content (AvgIpc) is 2.24. The number of aryl methyl sites for hydroxylation is 2. The van der Waals surface area contributed by atoms with Crippen LogP contribution in [-0.2, 0) is 0 Å². The number of hydrogen-bond acceptors (Lipinski definition) is 2. The van der Waals surface area contributed by atoms with Crippen LogP contribution in [-0.4, -0.2) is 18.4 Å². The number of rotatable bonds is 4. The van der Waals surface area contributed by atoms with E-state index < -0.39 is 18.7 Å². The highest BCUT2D eigenvalue weighted by Gasteiger charge is 2.28. The highest BCUT2D eigenvalue weighted by atomic mass is 19.4. The molecule has 1 unspecified atom stereocenters. The lowest BCUT2D eigenvalue weighted by Crippen LogP contribution is -2.10. The number of aliphatic hydroxyl groups excluding tert-OH is 1. The molecule has 0 heterocycles. The van der Waals surface area contributed by atoms with E-state index >= 15 is 0 Å². The topological polar surface area (TPSA) is 29.5 Å². The monoisotopic (exact) mass is 262 g/mol. The highest BCUT2D eigenvalue weighted by Crippen LogP contribution is 2.31. The molecule has 0 aromatic heterocycles. The Morgan fingerprint density at radius 2 is 1.72 bits per heavy atom. The predicted octanol–water partition coefficient (Wildman–Crippen LogP) is 3.69. The number of aliphatic hydroxyl groups is 1. The molecule has 5 heteroatoms. The summed E-state index contributed by atoms with van der Waals surface area (Å²) < 4.78 is 41.4. The normalized spacial score (nSPS) is 13.5. The summed E-state index contributed by atoms with van der Waals surface area (Å²) in [5.41, 5.74) is 2.10. The van der Waals surface area contributed by atoms with Crippen molar-refractivity contribution in [3.05, 3.63) is 28.8 Å². The molecule has 0 spiro atoms. The third kappa shape index (κ3) is 3.91. The zero-order valence-corrected chi connectivity index (χ0v) is 10.6. The van der Waals surface area contributed by atoms with Gasteiger partial charge < -0.3 is 9.84 Å². The third-order valence-electron chi connectivity index (χ3n) is 2.77. The van der Waals surface area contributed by atoms with Gasteiger partial charge in [-0.05, 0) is 49.1 Å². The van der Waals surface area contributed by atoms with Crippen LogP contribution in [0.4, 0.5) is 13.2 Å². The van der Waals surface area contributed by atoms with Gasteiger partial charge in [0.25, 0.3) is 0 Å². The van der Waals surface area contributed by atoms with E-state index in [9.17, 15) is 18.3 Å². The molecule has 1 aromatic rings. The van der Waals surface area contributed by atoms with Crippen molar-refractivity contribution in [2.75, 3.05) is 7.11 Å². The van der Waals surface area contributed by atoms with E-state index in [1.165, 1.54) is 7.11 Å². The summed E-state index contributed by atoms with van der Waals surface area (Å²) >= 11 is 0. The van der Waals surface area contributed by atoms with Gasteiger partial charge in [0.05, 0.1) is 13.2 Å². The molecular weight excluding hydrogens is 245 g/mol. The van der Waals surface area contributed by atoms with Gasteiger partial charge in [0.2, 0.25) is 0 Å². The summed E-state index contributed by atoms with van der Waals surface area (Å²) in [5, 5.41) is 9.76. The molecule has 1 N–H and O–H groups in total. The summed E-state index contributed by atoms with van der Waals surface area (Å²) in [6.07, 6.45) is -6.65. The zero-order chi connectivity index (χ0) is 13.9. The molecule has 1 atom stereocenters. The molecule has 102 valence electrons. The molecule has 0 aliphatic heterocycles. The summed E-state index contributed by atoms with van der Waals surface area (Å²) in [6, 6.07) is 3.32. The van der Waals surface area contributed by atoms with Crippen LogP contribution in [0.15, 0.2) is 12.1 Å². The van der Waals surface area contributed by atoms with E-state index in [-0.39, 0.29) is 6.42 Å². The van der Waals surface area contributed by atoms with Crippen LogP contribution in [0.5, 0.6) is 5.75 Å². The van der Waals surface area contributed by atoms with E-state index in [1.54, 1.807) is 26.0 Å². The summed E-state index contributed by atoms with van der Waals surface area (Å²) in [7, 11) is 1.54. The molecule has 2 nitrogen and oxygen atoms in total. The van der Waals surface area contributed by atoms with Crippen molar-refractivity contribution in [1.29, 1.82) is 0 Å². The number of hydrogen-bond donors (Lipinski definition) is 1. The van der Waals surface area contributed by atoms with Crippen LogP contribution in [0.1, 0.15) is 35.6 Å². The second kappa shape index (κ2) is 5.61. The SMILES string of the molecule is COc1c(C)cc(C(O)CCC(F)(F)F)cc1C. The predicted molar refractivity (Wildman–Crippen MR) is 62.7 cm³/mol. The van der Waals surface area contributed by atoms with Crippen LogP contribution in [0.3, 0.4) is 0 Å². The van der Waals surface area contributed by atoms with Gasteiger partial charge >= 0.3 is 6.18 Å². The minimum absolute atomic E-state index is 0.325. The number of ether oxygens (including phenoxy) is 1. The Morgan fingerprint density at radius 3 is 2.11 bits per heavy atom. The van der Waals surface area contributed by atoms with Crippen LogP contribution in [0.2, 0.25) is 0 Å². The lowest BCUT2D eigenvalue weighted by atomic mass is 9.99. The number of methoxy groups -OCH3 is 1. The largest absolute Gasteiger partial charge is 0.496 e. The Morgan fingerprint density at radius 1 is 1.22 bits per heavy atom. The molecule has 0 radical (unpaired) electrons. The van der Waals surface area contributed by atoms with Crippen molar-refractivity contribution < 1.29 is 23.0 Å². The molecule has 0 amide bonds. The maximum Gasteiger partial charge on any atom is 0.389 e. The van der Waals surface area contributed by atoms with Crippen molar-refractivity contribution in [1.82, 2.24) is 0 Å². The second-order valence-electron chi connectivity index (χ2n) is 4.36. The van der Waals surface area contributed by atoms with E-state index in [4.69, 9.17) is 4.74 Å². The van der Waals surface area contributed by atoms with E-state index in [0.717, 1.165) is 11.1 Å². The van der Waals surface area contributed by atoms with Gasteiger partial charge in [0, 0.05) is 6.42 Å². The van der Waals surface area contributed by atoms with Gasteiger partial charge in [-0.15, -0.1) is 0 Å². The molecule has 0 saturated carbocycles. The highest BCUT2D eigenvalue weighted by molar-refractivity contribution is 5.43. The molecule has 0 fully saturated rings. The first kappa shape index (κ1) is 14.8. The van der Waals surface area contributed by atoms with Crippen LogP contribution in [0.25, 0.3) is 0 Å². The fourth-order valence-electron chi connectivity index (χ4n) is 1.97. The zero-order valence-electron chi connectivity index (χ0n) is 10.6. The van der Waals surface area contributed by atoms with Gasteiger partial charge in [-0.3, -0.25) is 0 Å². The van der Waals surface area contributed by atoms with Crippen LogP contribution >= 0.6 is 0 Å². The number of halogens is 3. The van der Waals surface area contributed by atoms with E-state index in [2.05, 4.69) is 0 Å². The van der Waals surface area contributed by atoms with Crippen molar-refractivity contribution >= 4 is 0 Å². The standard InChI is InChI=1S/C13H17F3O2/c1-8-6-10(7-9(2)12(8)18-3)11(17)4-5-13(14,15)16/h6-7,11,17H,4-5H2,1-3H3. The molecule has 0 aliphatic rings. The quantitative estimate of drug-likeness (QED) is 0.896. The molecule has 1 aromatic carbocycles. The summed E-state index contributed by atoms with van der Waals surface area (Å²) in [5.74, 6) is 0.696. The first-order valence-electron chi connectivity index (χ1n) is 5.64. The van der Waals surface area contributed by atoms with E-state index in [1.807, 2.05) is 0 Å². The minimum Gasteiger partial charge on any atom is -0.496 e. The van der Waals surface area contributed by atoms with Crippen LogP contribution in [0, 0.1) is 13.8 Å². The maximum absolute atomic E-state index is 12.1. The maximum atomic E-state index is 12.1. The third-order valence-corrected chi connectivity index (χ3v) is 2.77. The van der Waals surface area contributed by atoms with Crippen molar-refractivity contribution in [2.24, 2.45) is 0 Å². The Labute approximate surface area is 104 Å². The van der Waals surface area contributed by atoms with Crippen molar-refractivity contribution in [3.8, 4) is 5.75 Å². The Hall–Kier alpha value is -1.23. The fraction of sp³-hybridized carbons (Fsp3) is 0.538. The first-order valence-corrected chi connectivity index (χ1v) is 5.64. The smallest absolute Gasteiger partial charge is 0.389 e. The second-order valence-corrected chi connectivity index (χ2v) is 4.36. The van der Waals surface area contributed by atoms with Crippen molar-refractivity contribution in [2.45, 2.75) is 39.0 Å². The first-order chi connectivity index (χ1) is 8.24. The Kier molecular flexibility index (Phi) is 4.62. The molecule has 18 heavy (non-hydrogen) atoms.